The highest BCUT2D eigenvalue weighted by Crippen LogP contribution is 2.21. The fraction of sp³-hybridized carbons (Fsp3) is 0.235. The largest absolute Gasteiger partial charge is 0.381 e. The van der Waals surface area contributed by atoms with Crippen LogP contribution in [0.25, 0.3) is 11.0 Å². The van der Waals surface area contributed by atoms with E-state index in [9.17, 15) is 0 Å². The lowest BCUT2D eigenvalue weighted by molar-refractivity contribution is 0.617. The Balaban J connectivity index is 1.77. The average Bonchev–Trinajstić information content (AvgIpc) is 2.90. The van der Waals surface area contributed by atoms with Gasteiger partial charge in [-0.1, -0.05) is 23.7 Å². The van der Waals surface area contributed by atoms with Gasteiger partial charge in [0.2, 0.25) is 0 Å². The Morgan fingerprint density at radius 3 is 2.62 bits per heavy atom. The predicted molar refractivity (Wildman–Crippen MR) is 88.9 cm³/mol. The number of imidazole rings is 1. The molecule has 0 aliphatic carbocycles. The molecule has 2 aromatic carbocycles. The maximum Gasteiger partial charge on any atom is 0.0960 e. The fourth-order valence-corrected chi connectivity index (χ4v) is 2.49. The van der Waals surface area contributed by atoms with E-state index < -0.39 is 0 Å². The summed E-state index contributed by atoms with van der Waals surface area (Å²) in [6, 6.07) is 14.6. The van der Waals surface area contributed by atoms with Crippen molar-refractivity contribution in [1.82, 2.24) is 9.55 Å². The molecule has 0 radical (unpaired) electrons. The number of anilines is 1. The molecule has 1 heterocycles. The zero-order chi connectivity index (χ0) is 14.8. The number of hydrogen-bond donors (Lipinski definition) is 1. The van der Waals surface area contributed by atoms with E-state index in [1.54, 1.807) is 0 Å². The van der Waals surface area contributed by atoms with E-state index in [2.05, 4.69) is 46.9 Å². The second-order valence-electron chi connectivity index (χ2n) is 5.43. The molecule has 0 unspecified atom stereocenters. The molecule has 0 saturated carbocycles. The van der Waals surface area contributed by atoms with Gasteiger partial charge in [-0.25, -0.2) is 4.98 Å². The van der Waals surface area contributed by atoms with Gasteiger partial charge >= 0.3 is 0 Å². The Labute approximate surface area is 129 Å². The molecular weight excluding hydrogens is 282 g/mol. The lowest BCUT2D eigenvalue weighted by atomic mass is 10.2. The van der Waals surface area contributed by atoms with Crippen molar-refractivity contribution in [2.75, 3.05) is 5.32 Å². The van der Waals surface area contributed by atoms with Gasteiger partial charge in [-0.15, -0.1) is 0 Å². The monoisotopic (exact) mass is 299 g/mol. The van der Waals surface area contributed by atoms with Crippen molar-refractivity contribution < 1.29 is 0 Å². The number of benzene rings is 2. The second-order valence-corrected chi connectivity index (χ2v) is 5.87. The van der Waals surface area contributed by atoms with Crippen LogP contribution in [0.4, 0.5) is 5.69 Å². The molecule has 4 heteroatoms. The van der Waals surface area contributed by atoms with E-state index in [-0.39, 0.29) is 0 Å². The zero-order valence-corrected chi connectivity index (χ0v) is 12.9. The highest BCUT2D eigenvalue weighted by Gasteiger charge is 2.06. The molecule has 0 aliphatic rings. The third-order valence-electron chi connectivity index (χ3n) is 3.54. The summed E-state index contributed by atoms with van der Waals surface area (Å²) in [6.45, 7) is 5.09. The summed E-state index contributed by atoms with van der Waals surface area (Å²) in [5.74, 6) is 0. The van der Waals surface area contributed by atoms with Crippen molar-refractivity contribution in [2.45, 2.75) is 26.4 Å². The molecule has 0 fully saturated rings. The first-order valence-corrected chi connectivity index (χ1v) is 7.46. The van der Waals surface area contributed by atoms with Gasteiger partial charge < -0.3 is 9.88 Å². The van der Waals surface area contributed by atoms with Crippen molar-refractivity contribution >= 4 is 28.3 Å². The van der Waals surface area contributed by atoms with Gasteiger partial charge in [0.25, 0.3) is 0 Å². The lowest BCUT2D eigenvalue weighted by Crippen LogP contribution is -2.00. The quantitative estimate of drug-likeness (QED) is 0.744. The molecule has 0 amide bonds. The predicted octanol–water partition coefficient (Wildman–Crippen LogP) is 4.88. The number of nitrogens with zero attached hydrogens (tertiary/aromatic N) is 2. The minimum atomic E-state index is 0.419. The minimum Gasteiger partial charge on any atom is -0.381 e. The molecule has 1 N–H and O–H groups in total. The van der Waals surface area contributed by atoms with Crippen LogP contribution in [0.15, 0.2) is 48.8 Å². The Bertz CT molecular complexity index is 744. The van der Waals surface area contributed by atoms with Gasteiger partial charge in [-0.05, 0) is 49.7 Å². The summed E-state index contributed by atoms with van der Waals surface area (Å²) in [5, 5.41) is 4.18. The Morgan fingerprint density at radius 1 is 1.14 bits per heavy atom. The molecule has 21 heavy (non-hydrogen) atoms. The summed E-state index contributed by atoms with van der Waals surface area (Å²) in [7, 11) is 0. The maximum absolute atomic E-state index is 5.89. The highest BCUT2D eigenvalue weighted by molar-refractivity contribution is 6.30. The minimum absolute atomic E-state index is 0.419. The van der Waals surface area contributed by atoms with Crippen molar-refractivity contribution in [3.8, 4) is 0 Å². The molecule has 3 nitrogen and oxygen atoms in total. The van der Waals surface area contributed by atoms with Gasteiger partial charge in [0.15, 0.2) is 0 Å². The molecule has 3 aromatic rings. The summed E-state index contributed by atoms with van der Waals surface area (Å²) in [6.07, 6.45) is 1.90. The fourth-order valence-electron chi connectivity index (χ4n) is 2.36. The van der Waals surface area contributed by atoms with Crippen LogP contribution in [-0.2, 0) is 6.54 Å². The average molecular weight is 300 g/mol. The molecule has 1 aromatic heterocycles. The van der Waals surface area contributed by atoms with Crippen molar-refractivity contribution in [3.05, 3.63) is 59.4 Å². The first kappa shape index (κ1) is 14.0. The van der Waals surface area contributed by atoms with Gasteiger partial charge in [0, 0.05) is 23.3 Å². The van der Waals surface area contributed by atoms with E-state index >= 15 is 0 Å². The summed E-state index contributed by atoms with van der Waals surface area (Å²) in [4.78, 5) is 4.47. The van der Waals surface area contributed by atoms with Crippen LogP contribution in [0.3, 0.4) is 0 Å². The van der Waals surface area contributed by atoms with Gasteiger partial charge in [-0.3, -0.25) is 0 Å². The second kappa shape index (κ2) is 5.78. The normalized spacial score (nSPS) is 11.2. The zero-order valence-electron chi connectivity index (χ0n) is 12.2. The number of hydrogen-bond acceptors (Lipinski definition) is 2. The molecule has 3 rings (SSSR count). The van der Waals surface area contributed by atoms with Gasteiger partial charge in [0.05, 0.1) is 17.4 Å². The van der Waals surface area contributed by atoms with Crippen molar-refractivity contribution in [1.29, 1.82) is 0 Å². The van der Waals surface area contributed by atoms with Crippen LogP contribution in [0.5, 0.6) is 0 Å². The number of aromatic nitrogens is 2. The molecule has 0 spiro atoms. The standard InChI is InChI=1S/C17H18ClN3/c1-12(2)21-11-20-16-9-15(7-8-17(16)21)19-10-13-3-5-14(18)6-4-13/h3-9,11-12,19H,10H2,1-2H3. The molecule has 0 saturated heterocycles. The van der Waals surface area contributed by atoms with Crippen molar-refractivity contribution in [3.63, 3.8) is 0 Å². The molecule has 0 aliphatic heterocycles. The Kier molecular flexibility index (Phi) is 3.84. The molecule has 0 atom stereocenters. The van der Waals surface area contributed by atoms with Gasteiger partial charge in [-0.2, -0.15) is 0 Å². The molecule has 0 bridgehead atoms. The summed E-state index contributed by atoms with van der Waals surface area (Å²) in [5.41, 5.74) is 4.46. The van der Waals surface area contributed by atoms with Crippen LogP contribution in [0, 0.1) is 0 Å². The third-order valence-corrected chi connectivity index (χ3v) is 3.79. The molecule has 108 valence electrons. The van der Waals surface area contributed by atoms with Crippen molar-refractivity contribution in [2.24, 2.45) is 0 Å². The first-order valence-electron chi connectivity index (χ1n) is 7.08. The summed E-state index contributed by atoms with van der Waals surface area (Å²) >= 11 is 5.89. The Morgan fingerprint density at radius 2 is 1.90 bits per heavy atom. The van der Waals surface area contributed by atoms with Crippen LogP contribution in [0.2, 0.25) is 5.02 Å². The number of nitrogens with one attached hydrogen (secondary N) is 1. The number of rotatable bonds is 4. The third kappa shape index (κ3) is 3.03. The van der Waals surface area contributed by atoms with Gasteiger partial charge in [0.1, 0.15) is 0 Å². The maximum atomic E-state index is 5.89. The smallest absolute Gasteiger partial charge is 0.0960 e. The van der Waals surface area contributed by atoms with E-state index in [0.29, 0.717) is 6.04 Å². The van der Waals surface area contributed by atoms with Crippen LogP contribution < -0.4 is 5.32 Å². The topological polar surface area (TPSA) is 29.9 Å². The lowest BCUT2D eigenvalue weighted by Gasteiger charge is -2.09. The van der Waals surface area contributed by atoms with E-state index in [1.165, 1.54) is 11.1 Å². The first-order chi connectivity index (χ1) is 10.1. The number of halogens is 1. The SMILES string of the molecule is CC(C)n1cnc2cc(NCc3ccc(Cl)cc3)ccc21. The van der Waals surface area contributed by atoms with E-state index in [4.69, 9.17) is 11.6 Å². The Hall–Kier alpha value is -2.00. The van der Waals surface area contributed by atoms with Crippen LogP contribution in [-0.4, -0.2) is 9.55 Å². The molecular formula is C17H18ClN3. The van der Waals surface area contributed by atoms with E-state index in [0.717, 1.165) is 22.8 Å². The number of fused-ring (bicyclic) bond motifs is 1. The highest BCUT2D eigenvalue weighted by atomic mass is 35.5. The van der Waals surface area contributed by atoms with E-state index in [1.807, 2.05) is 30.6 Å². The van der Waals surface area contributed by atoms with Crippen LogP contribution in [0.1, 0.15) is 25.5 Å². The summed E-state index contributed by atoms with van der Waals surface area (Å²) < 4.78 is 2.18. The van der Waals surface area contributed by atoms with Crippen LogP contribution >= 0.6 is 11.6 Å².